The van der Waals surface area contributed by atoms with Gasteiger partial charge in [0.15, 0.2) is 6.10 Å². The first-order chi connectivity index (χ1) is 45.0. The topological polar surface area (TPSA) is 108 Å². The van der Waals surface area contributed by atoms with E-state index in [2.05, 4.69) is 233 Å². The fourth-order valence-electron chi connectivity index (χ4n) is 8.65. The van der Waals surface area contributed by atoms with Gasteiger partial charge in [0.1, 0.15) is 19.8 Å². The zero-order valence-corrected chi connectivity index (χ0v) is 59.3. The highest BCUT2D eigenvalue weighted by Gasteiger charge is 2.27. The second-order valence-corrected chi connectivity index (χ2v) is 25.3. The second-order valence-electron chi connectivity index (χ2n) is 23.8. The molecule has 0 amide bonds. The number of unbranched alkanes of at least 4 members (excludes halogenated alkanes) is 12. The van der Waals surface area contributed by atoms with Crippen molar-refractivity contribution in [2.75, 3.05) is 47.5 Å². The van der Waals surface area contributed by atoms with Crippen molar-refractivity contribution in [2.24, 2.45) is 0 Å². The molecule has 9 nitrogen and oxygen atoms in total. The SMILES string of the molecule is CC/C=C\C/C=C\C/C=C\C/C=C\C/C=C\C/C=C\C/C=C\C/C=C\C/C=C\C/C=C\CCCCCCCCCCCCC(=O)OC(COC(=O)CCCC/C=C\C/C=C\C/C=C\C/C=C\C/C=C\C/C=C\C/C=C\C/C=C\CC)COP(=O)(O)OCC[N+](C)(C)C. The molecule has 0 bridgehead atoms. The number of esters is 2. The molecule has 92 heavy (non-hydrogen) atoms. The number of phosphoric acid groups is 1. The number of carbonyl (C=O) groups excluding carboxylic acids is 2. The van der Waals surface area contributed by atoms with Crippen LogP contribution in [0.4, 0.5) is 0 Å². The minimum atomic E-state index is -4.42. The van der Waals surface area contributed by atoms with Crippen LogP contribution in [0, 0.1) is 0 Å². The van der Waals surface area contributed by atoms with Crippen molar-refractivity contribution in [3.63, 3.8) is 0 Å². The van der Waals surface area contributed by atoms with E-state index in [1.807, 2.05) is 21.1 Å². The lowest BCUT2D eigenvalue weighted by atomic mass is 10.0. The molecular weight excluding hydrogens is 1160 g/mol. The van der Waals surface area contributed by atoms with Crippen LogP contribution in [0.1, 0.15) is 232 Å². The van der Waals surface area contributed by atoms with E-state index in [1.165, 1.54) is 38.5 Å². The van der Waals surface area contributed by atoms with Gasteiger partial charge in [-0.05, 0) is 154 Å². The Morgan fingerprint density at radius 3 is 0.891 bits per heavy atom. The number of likely N-dealkylation sites (N-methyl/N-ethyl adjacent to an activating group) is 1. The summed E-state index contributed by atoms with van der Waals surface area (Å²) in [4.78, 5) is 35.9. The van der Waals surface area contributed by atoms with Crippen LogP contribution in [0.25, 0.3) is 0 Å². The number of allylic oxidation sites excluding steroid dienone is 36. The first kappa shape index (κ1) is 86.3. The van der Waals surface area contributed by atoms with Gasteiger partial charge in [0.2, 0.25) is 0 Å². The zero-order valence-electron chi connectivity index (χ0n) is 58.4. The molecule has 0 aromatic heterocycles. The van der Waals surface area contributed by atoms with Crippen molar-refractivity contribution in [3.8, 4) is 0 Å². The van der Waals surface area contributed by atoms with E-state index in [4.69, 9.17) is 18.5 Å². The van der Waals surface area contributed by atoms with Crippen molar-refractivity contribution < 1.29 is 42.1 Å². The Labute approximate surface area is 563 Å². The fourth-order valence-corrected chi connectivity index (χ4v) is 9.39. The molecule has 514 valence electrons. The predicted octanol–water partition coefficient (Wildman–Crippen LogP) is 23.6. The summed E-state index contributed by atoms with van der Waals surface area (Å²) in [5.74, 6) is -0.871. The van der Waals surface area contributed by atoms with Crippen LogP contribution in [0.5, 0.6) is 0 Å². The molecule has 0 saturated heterocycles. The van der Waals surface area contributed by atoms with E-state index in [0.29, 0.717) is 23.9 Å². The molecule has 0 heterocycles. The molecule has 0 aliphatic rings. The van der Waals surface area contributed by atoms with Crippen molar-refractivity contribution in [1.82, 2.24) is 0 Å². The molecule has 0 rings (SSSR count). The maximum atomic E-state index is 12.9. The Morgan fingerprint density at radius 2 is 0.587 bits per heavy atom. The molecule has 0 aromatic rings. The lowest BCUT2D eigenvalue weighted by molar-refractivity contribution is -0.870. The zero-order chi connectivity index (χ0) is 66.9. The number of hydrogen-bond acceptors (Lipinski definition) is 7. The average molecular weight is 1290 g/mol. The third kappa shape index (κ3) is 73.4. The van der Waals surface area contributed by atoms with E-state index < -0.39 is 32.5 Å². The van der Waals surface area contributed by atoms with Gasteiger partial charge < -0.3 is 18.9 Å². The summed E-state index contributed by atoms with van der Waals surface area (Å²) in [7, 11) is 1.42. The Balaban J connectivity index is 4.20. The minimum Gasteiger partial charge on any atom is -0.462 e. The van der Waals surface area contributed by atoms with Crippen molar-refractivity contribution >= 4 is 19.8 Å². The molecule has 0 saturated carbocycles. The predicted molar refractivity (Wildman–Crippen MR) is 398 cm³/mol. The highest BCUT2D eigenvalue weighted by molar-refractivity contribution is 7.47. The smallest absolute Gasteiger partial charge is 0.462 e. The van der Waals surface area contributed by atoms with E-state index in [1.54, 1.807) is 0 Å². The summed E-state index contributed by atoms with van der Waals surface area (Å²) in [5, 5.41) is 0. The van der Waals surface area contributed by atoms with E-state index in [-0.39, 0.29) is 26.1 Å². The van der Waals surface area contributed by atoms with Gasteiger partial charge in [0.25, 0.3) is 0 Å². The Morgan fingerprint density at radius 1 is 0.337 bits per heavy atom. The number of rotatable bonds is 62. The lowest BCUT2D eigenvalue weighted by Gasteiger charge is -2.24. The molecule has 0 radical (unpaired) electrons. The van der Waals surface area contributed by atoms with Gasteiger partial charge in [-0.1, -0.05) is 284 Å². The largest absolute Gasteiger partial charge is 0.472 e. The van der Waals surface area contributed by atoms with Gasteiger partial charge in [-0.3, -0.25) is 18.6 Å². The van der Waals surface area contributed by atoms with Crippen molar-refractivity contribution in [3.05, 3.63) is 219 Å². The van der Waals surface area contributed by atoms with Crippen LogP contribution in [0.2, 0.25) is 0 Å². The standard InChI is InChI=1S/C82H128NO8P/c1-6-8-10-12-14-16-18-20-22-24-26-28-30-32-34-35-36-37-38-39-40-41-42-43-44-45-46-47-49-51-53-55-57-59-61-63-65-67-69-71-73-75-82(85)91-80(79-90-92(86,87)89-77-76-83(3,4)5)78-88-81(84)74-72-70-68-66-64-62-60-58-56-54-52-50-48-33-31-29-27-25-23-21-19-17-15-13-11-9-7-2/h8-11,14-17,20-23,26-29,32-34,36-37,39-40,42-43,45-46,48-49,51-52,54,58,60,64,66,80H,6-7,12-13,18-19,24-25,30-31,35,38,41,44,47,50,53,55-57,59,61-63,65,67-79H2,1-5H3/p+1/b10-8-,11-9-,16-14-,17-15-,22-20-,23-21-,28-26-,29-27-,34-32-,37-36-,40-39-,43-42-,46-45-,48-33-,51-49-,54-52-,60-58-,66-64-. The molecule has 0 aliphatic carbocycles. The highest BCUT2D eigenvalue weighted by Crippen LogP contribution is 2.43. The number of phosphoric ester groups is 1. The first-order valence-corrected chi connectivity index (χ1v) is 37.0. The first-order valence-electron chi connectivity index (χ1n) is 35.5. The van der Waals surface area contributed by atoms with Crippen molar-refractivity contribution in [1.29, 1.82) is 0 Å². The fraction of sp³-hybridized carbons (Fsp3) is 0.537. The van der Waals surface area contributed by atoms with Gasteiger partial charge in [0.05, 0.1) is 27.7 Å². The molecule has 2 atom stereocenters. The summed E-state index contributed by atoms with van der Waals surface area (Å²) >= 11 is 0. The number of quaternary nitrogens is 1. The lowest BCUT2D eigenvalue weighted by Crippen LogP contribution is -2.37. The monoisotopic (exact) mass is 1290 g/mol. The number of ether oxygens (including phenoxy) is 2. The van der Waals surface area contributed by atoms with Crippen LogP contribution < -0.4 is 0 Å². The minimum absolute atomic E-state index is 0.0113. The van der Waals surface area contributed by atoms with Crippen LogP contribution in [-0.4, -0.2) is 74.9 Å². The Bertz CT molecular complexity index is 2360. The number of nitrogens with zero attached hydrogens (tertiary/aromatic N) is 1. The van der Waals surface area contributed by atoms with Crippen LogP contribution in [0.3, 0.4) is 0 Å². The van der Waals surface area contributed by atoms with Gasteiger partial charge in [-0.25, -0.2) is 4.57 Å². The molecule has 1 N–H and O–H groups in total. The number of hydrogen-bond donors (Lipinski definition) is 1. The maximum Gasteiger partial charge on any atom is 0.472 e. The summed E-state index contributed by atoms with van der Waals surface area (Å²) < 4.78 is 34.6. The second kappa shape index (κ2) is 69.7. The van der Waals surface area contributed by atoms with Gasteiger partial charge >= 0.3 is 19.8 Å². The van der Waals surface area contributed by atoms with Crippen molar-refractivity contribution in [2.45, 2.75) is 238 Å². The molecule has 2 unspecified atom stereocenters. The molecular formula is C82H129NO8P+. The van der Waals surface area contributed by atoms with Gasteiger partial charge in [-0.15, -0.1) is 0 Å². The van der Waals surface area contributed by atoms with E-state index in [9.17, 15) is 19.0 Å². The van der Waals surface area contributed by atoms with E-state index in [0.717, 1.165) is 154 Å². The Kier molecular flexibility index (Phi) is 65.4. The summed E-state index contributed by atoms with van der Waals surface area (Å²) in [6.07, 6.45) is 112. The maximum absolute atomic E-state index is 12.9. The van der Waals surface area contributed by atoms with Gasteiger partial charge in [0, 0.05) is 12.8 Å². The van der Waals surface area contributed by atoms with Crippen LogP contribution >= 0.6 is 7.82 Å². The average Bonchev–Trinajstić information content (AvgIpc) is 2.23. The van der Waals surface area contributed by atoms with Gasteiger partial charge in [-0.2, -0.15) is 0 Å². The summed E-state index contributed by atoms with van der Waals surface area (Å²) in [6, 6.07) is 0. The van der Waals surface area contributed by atoms with E-state index >= 15 is 0 Å². The molecule has 0 aromatic carbocycles. The quantitative estimate of drug-likeness (QED) is 0.0211. The normalized spacial score (nSPS) is 14.5. The summed E-state index contributed by atoms with van der Waals surface area (Å²) in [5.41, 5.74) is 0. The molecule has 0 aliphatic heterocycles. The Hall–Kier alpha value is -5.67. The number of carbonyl (C=O) groups is 2. The third-order valence-electron chi connectivity index (χ3n) is 14.0. The highest BCUT2D eigenvalue weighted by atomic mass is 31.2. The summed E-state index contributed by atoms with van der Waals surface area (Å²) in [6.45, 7) is 4.12. The third-order valence-corrected chi connectivity index (χ3v) is 15.0. The molecule has 10 heteroatoms. The molecule has 0 spiro atoms. The molecule has 0 fully saturated rings. The van der Waals surface area contributed by atoms with Crippen LogP contribution in [-0.2, 0) is 32.7 Å². The van der Waals surface area contributed by atoms with Crippen LogP contribution in [0.15, 0.2) is 219 Å².